The van der Waals surface area contributed by atoms with Gasteiger partial charge < -0.3 is 10.4 Å². The Morgan fingerprint density at radius 2 is 2.16 bits per heavy atom. The molecule has 0 spiro atoms. The lowest BCUT2D eigenvalue weighted by Crippen LogP contribution is -2.36. The lowest BCUT2D eigenvalue weighted by molar-refractivity contribution is -0.122. The molecule has 0 radical (unpaired) electrons. The van der Waals surface area contributed by atoms with Crippen molar-refractivity contribution in [2.24, 2.45) is 5.92 Å². The molecular formula is C12H20N4O3. The van der Waals surface area contributed by atoms with E-state index in [0.29, 0.717) is 5.92 Å². The fourth-order valence-electron chi connectivity index (χ4n) is 1.77. The summed E-state index contributed by atoms with van der Waals surface area (Å²) in [6.07, 6.45) is 3.23. The fraction of sp³-hybridized carbons (Fsp3) is 0.667. The summed E-state index contributed by atoms with van der Waals surface area (Å²) in [5.74, 6) is -0.797. The normalized spacial score (nSPS) is 13.8. The maximum Gasteiger partial charge on any atom is 0.358 e. The topological polar surface area (TPSA) is 97.1 Å². The largest absolute Gasteiger partial charge is 0.476 e. The Hall–Kier alpha value is -1.92. The highest BCUT2D eigenvalue weighted by atomic mass is 16.4. The third-order valence-electron chi connectivity index (χ3n) is 2.92. The van der Waals surface area contributed by atoms with Gasteiger partial charge >= 0.3 is 5.97 Å². The van der Waals surface area contributed by atoms with Gasteiger partial charge in [0, 0.05) is 6.04 Å². The molecule has 2 atom stereocenters. The summed E-state index contributed by atoms with van der Waals surface area (Å²) in [4.78, 5) is 22.3. The zero-order valence-corrected chi connectivity index (χ0v) is 11.5. The summed E-state index contributed by atoms with van der Waals surface area (Å²) in [5, 5.41) is 18.6. The molecule has 0 aliphatic carbocycles. The number of aromatic carboxylic acids is 1. The molecule has 0 saturated heterocycles. The SMILES string of the molecule is CCC(C)CC(C)NC(=O)Cn1cc(C(=O)O)nn1. The molecule has 1 rings (SSSR count). The molecule has 1 aromatic heterocycles. The van der Waals surface area contributed by atoms with Crippen LogP contribution < -0.4 is 5.32 Å². The summed E-state index contributed by atoms with van der Waals surface area (Å²) in [7, 11) is 0. The number of aromatic nitrogens is 3. The van der Waals surface area contributed by atoms with Gasteiger partial charge in [-0.1, -0.05) is 25.5 Å². The standard InChI is InChI=1S/C12H20N4O3/c1-4-8(2)5-9(3)13-11(17)7-16-6-10(12(18)19)14-15-16/h6,8-9H,4-5,7H2,1-3H3,(H,13,17)(H,18,19). The lowest BCUT2D eigenvalue weighted by Gasteiger charge is -2.17. The lowest BCUT2D eigenvalue weighted by atomic mass is 10.0. The van der Waals surface area contributed by atoms with E-state index in [2.05, 4.69) is 29.5 Å². The van der Waals surface area contributed by atoms with Crippen LogP contribution in [-0.2, 0) is 11.3 Å². The quantitative estimate of drug-likeness (QED) is 0.766. The average molecular weight is 268 g/mol. The zero-order chi connectivity index (χ0) is 14.4. The van der Waals surface area contributed by atoms with Gasteiger partial charge in [0.25, 0.3) is 0 Å². The van der Waals surface area contributed by atoms with Gasteiger partial charge in [0.1, 0.15) is 6.54 Å². The van der Waals surface area contributed by atoms with Gasteiger partial charge in [0.2, 0.25) is 5.91 Å². The molecule has 2 N–H and O–H groups in total. The Morgan fingerprint density at radius 3 is 2.68 bits per heavy atom. The number of nitrogens with one attached hydrogen (secondary N) is 1. The van der Waals surface area contributed by atoms with Crippen molar-refractivity contribution < 1.29 is 14.7 Å². The van der Waals surface area contributed by atoms with Crippen LogP contribution in [0.15, 0.2) is 6.20 Å². The van der Waals surface area contributed by atoms with E-state index in [9.17, 15) is 9.59 Å². The highest BCUT2D eigenvalue weighted by molar-refractivity contribution is 5.84. The van der Waals surface area contributed by atoms with E-state index in [1.807, 2.05) is 6.92 Å². The van der Waals surface area contributed by atoms with Gasteiger partial charge in [-0.25, -0.2) is 9.48 Å². The molecule has 1 aromatic rings. The second kappa shape index (κ2) is 6.86. The van der Waals surface area contributed by atoms with Crippen molar-refractivity contribution in [3.8, 4) is 0 Å². The van der Waals surface area contributed by atoms with E-state index in [1.165, 1.54) is 10.9 Å². The maximum atomic E-state index is 11.7. The highest BCUT2D eigenvalue weighted by Crippen LogP contribution is 2.09. The van der Waals surface area contributed by atoms with Crippen molar-refractivity contribution in [3.63, 3.8) is 0 Å². The number of hydrogen-bond acceptors (Lipinski definition) is 4. The summed E-state index contributed by atoms with van der Waals surface area (Å²) < 4.78 is 1.22. The molecule has 0 aliphatic rings. The van der Waals surface area contributed by atoms with Crippen molar-refractivity contribution in [1.82, 2.24) is 20.3 Å². The molecule has 0 saturated carbocycles. The number of amides is 1. The third kappa shape index (κ3) is 5.07. The predicted octanol–water partition coefficient (Wildman–Crippen LogP) is 0.917. The number of carboxylic acid groups (broad SMARTS) is 1. The molecule has 2 unspecified atom stereocenters. The number of carbonyl (C=O) groups excluding carboxylic acids is 1. The van der Waals surface area contributed by atoms with Gasteiger partial charge in [0.15, 0.2) is 5.69 Å². The van der Waals surface area contributed by atoms with E-state index in [4.69, 9.17) is 5.11 Å². The predicted molar refractivity (Wildman–Crippen MR) is 68.7 cm³/mol. The first kappa shape index (κ1) is 15.1. The minimum atomic E-state index is -1.16. The molecule has 1 heterocycles. The molecule has 0 aliphatic heterocycles. The van der Waals surface area contributed by atoms with Crippen molar-refractivity contribution in [2.75, 3.05) is 0 Å². The minimum Gasteiger partial charge on any atom is -0.476 e. The van der Waals surface area contributed by atoms with Crippen molar-refractivity contribution >= 4 is 11.9 Å². The van der Waals surface area contributed by atoms with Gasteiger partial charge in [-0.05, 0) is 19.3 Å². The molecule has 7 heteroatoms. The Bertz CT molecular complexity index is 444. The summed E-state index contributed by atoms with van der Waals surface area (Å²) >= 11 is 0. The second-order valence-corrected chi connectivity index (χ2v) is 4.82. The smallest absolute Gasteiger partial charge is 0.358 e. The zero-order valence-electron chi connectivity index (χ0n) is 11.5. The number of carboxylic acids is 1. The average Bonchev–Trinajstić information content (AvgIpc) is 2.76. The first-order chi connectivity index (χ1) is 8.92. The van der Waals surface area contributed by atoms with Crippen LogP contribution in [0, 0.1) is 5.92 Å². The van der Waals surface area contributed by atoms with Crippen molar-refractivity contribution in [1.29, 1.82) is 0 Å². The van der Waals surface area contributed by atoms with Gasteiger partial charge in [-0.15, -0.1) is 5.10 Å². The Labute approximate surface area is 112 Å². The van der Waals surface area contributed by atoms with Gasteiger partial charge in [-0.3, -0.25) is 4.79 Å². The van der Waals surface area contributed by atoms with Crippen LogP contribution in [0.4, 0.5) is 0 Å². The highest BCUT2D eigenvalue weighted by Gasteiger charge is 2.13. The van der Waals surface area contributed by atoms with E-state index >= 15 is 0 Å². The van der Waals surface area contributed by atoms with Crippen LogP contribution in [-0.4, -0.2) is 38.0 Å². The van der Waals surface area contributed by atoms with E-state index < -0.39 is 5.97 Å². The van der Waals surface area contributed by atoms with E-state index in [1.54, 1.807) is 0 Å². The first-order valence-corrected chi connectivity index (χ1v) is 6.35. The fourth-order valence-corrected chi connectivity index (χ4v) is 1.77. The Morgan fingerprint density at radius 1 is 1.47 bits per heavy atom. The summed E-state index contributed by atoms with van der Waals surface area (Å²) in [5.41, 5.74) is -0.166. The Kier molecular flexibility index (Phi) is 5.47. The first-order valence-electron chi connectivity index (χ1n) is 6.35. The number of nitrogens with zero attached hydrogens (tertiary/aromatic N) is 3. The van der Waals surface area contributed by atoms with E-state index in [-0.39, 0.29) is 24.2 Å². The molecule has 0 fully saturated rings. The molecule has 0 aromatic carbocycles. The van der Waals surface area contributed by atoms with Gasteiger partial charge in [-0.2, -0.15) is 0 Å². The van der Waals surface area contributed by atoms with E-state index in [0.717, 1.165) is 12.8 Å². The second-order valence-electron chi connectivity index (χ2n) is 4.82. The van der Waals surface area contributed by atoms with Crippen LogP contribution in [0.25, 0.3) is 0 Å². The van der Waals surface area contributed by atoms with Crippen LogP contribution in [0.3, 0.4) is 0 Å². The number of rotatable bonds is 7. The van der Waals surface area contributed by atoms with Gasteiger partial charge in [0.05, 0.1) is 6.20 Å². The third-order valence-corrected chi connectivity index (χ3v) is 2.92. The van der Waals surface area contributed by atoms with Crippen LogP contribution in [0.2, 0.25) is 0 Å². The summed E-state index contributed by atoms with van der Waals surface area (Å²) in [6.45, 7) is 6.18. The minimum absolute atomic E-state index is 0.0227. The molecule has 1 amide bonds. The van der Waals surface area contributed by atoms with Crippen molar-refractivity contribution in [3.05, 3.63) is 11.9 Å². The monoisotopic (exact) mass is 268 g/mol. The molecule has 7 nitrogen and oxygen atoms in total. The summed E-state index contributed by atoms with van der Waals surface area (Å²) in [6, 6.07) is 0.0879. The molecule has 106 valence electrons. The van der Waals surface area contributed by atoms with Crippen LogP contribution >= 0.6 is 0 Å². The molecular weight excluding hydrogens is 248 g/mol. The Balaban J connectivity index is 2.44. The van der Waals surface area contributed by atoms with Crippen LogP contribution in [0.5, 0.6) is 0 Å². The number of hydrogen-bond donors (Lipinski definition) is 2. The van der Waals surface area contributed by atoms with Crippen LogP contribution in [0.1, 0.15) is 44.1 Å². The maximum absolute atomic E-state index is 11.7. The number of carbonyl (C=O) groups is 2. The van der Waals surface area contributed by atoms with Crippen molar-refractivity contribution in [2.45, 2.75) is 46.2 Å². The molecule has 19 heavy (non-hydrogen) atoms. The molecule has 0 bridgehead atoms.